The second-order valence-electron chi connectivity index (χ2n) is 5.24. The lowest BCUT2D eigenvalue weighted by molar-refractivity contribution is 0.282. The summed E-state index contributed by atoms with van der Waals surface area (Å²) in [6, 6.07) is 10.7. The fraction of sp³-hybridized carbons (Fsp3) is 0.294. The highest BCUT2D eigenvalue weighted by Crippen LogP contribution is 2.29. The Bertz CT molecular complexity index is 626. The average molecular weight is 289 g/mol. The molecule has 0 aromatic heterocycles. The molecule has 0 saturated carbocycles. The molecule has 0 heterocycles. The first-order chi connectivity index (χ1) is 10.0. The lowest BCUT2D eigenvalue weighted by atomic mass is 9.97. The molecular weight excluding hydrogens is 269 g/mol. The zero-order valence-corrected chi connectivity index (χ0v) is 12.6. The van der Waals surface area contributed by atoms with Gasteiger partial charge in [-0.05, 0) is 48.5 Å². The molecule has 2 aromatic rings. The summed E-state index contributed by atoms with van der Waals surface area (Å²) in [6.07, 6.45) is 0. The van der Waals surface area contributed by atoms with Gasteiger partial charge < -0.3 is 14.7 Å². The molecule has 0 unspecified atom stereocenters. The van der Waals surface area contributed by atoms with Gasteiger partial charge in [0, 0.05) is 6.54 Å². The van der Waals surface area contributed by atoms with Crippen molar-refractivity contribution < 1.29 is 14.2 Å². The first-order valence-corrected chi connectivity index (χ1v) is 6.76. The van der Waals surface area contributed by atoms with Gasteiger partial charge in [0.15, 0.2) is 11.6 Å². The third-order valence-corrected chi connectivity index (χ3v) is 3.30. The number of hydrogen-bond acceptors (Lipinski definition) is 3. The van der Waals surface area contributed by atoms with Crippen LogP contribution < -0.4 is 4.74 Å². The molecule has 0 bridgehead atoms. The Morgan fingerprint density at radius 2 is 1.90 bits per heavy atom. The number of methoxy groups -OCH3 is 1. The quantitative estimate of drug-likeness (QED) is 0.918. The molecule has 0 fully saturated rings. The predicted molar refractivity (Wildman–Crippen MR) is 81.7 cm³/mol. The summed E-state index contributed by atoms with van der Waals surface area (Å²) >= 11 is 0. The van der Waals surface area contributed by atoms with Crippen LogP contribution in [0.5, 0.6) is 5.75 Å². The molecule has 0 aliphatic rings. The second kappa shape index (κ2) is 6.70. The van der Waals surface area contributed by atoms with E-state index in [1.54, 1.807) is 12.1 Å². The number of halogens is 1. The molecule has 4 heteroatoms. The lowest BCUT2D eigenvalue weighted by Gasteiger charge is -2.14. The summed E-state index contributed by atoms with van der Waals surface area (Å²) in [5.74, 6) is -0.190. The average Bonchev–Trinajstić information content (AvgIpc) is 2.46. The standard InChI is InChI=1S/C17H20FNO2/c1-19(2)10-12-4-6-15(14(8-12)11-20)13-5-7-17(21-3)16(18)9-13/h4-9,20H,10-11H2,1-3H3. The van der Waals surface area contributed by atoms with Gasteiger partial charge in [-0.25, -0.2) is 4.39 Å². The Balaban J connectivity index is 2.41. The van der Waals surface area contributed by atoms with Crippen LogP contribution in [-0.4, -0.2) is 31.2 Å². The maximum Gasteiger partial charge on any atom is 0.165 e. The third-order valence-electron chi connectivity index (χ3n) is 3.30. The molecule has 0 atom stereocenters. The van der Waals surface area contributed by atoms with Gasteiger partial charge in [0.1, 0.15) is 0 Å². The van der Waals surface area contributed by atoms with Crippen molar-refractivity contribution in [1.82, 2.24) is 4.90 Å². The molecule has 0 radical (unpaired) electrons. The first kappa shape index (κ1) is 15.5. The Hall–Kier alpha value is -1.91. The number of nitrogens with zero attached hydrogens (tertiary/aromatic N) is 1. The summed E-state index contributed by atoms with van der Waals surface area (Å²) in [6.45, 7) is 0.717. The monoisotopic (exact) mass is 289 g/mol. The van der Waals surface area contributed by atoms with E-state index < -0.39 is 5.82 Å². The Morgan fingerprint density at radius 1 is 1.14 bits per heavy atom. The molecule has 0 amide bonds. The predicted octanol–water partition coefficient (Wildman–Crippen LogP) is 3.06. The molecule has 0 aliphatic heterocycles. The Labute approximate surface area is 124 Å². The molecule has 2 aromatic carbocycles. The molecule has 112 valence electrons. The van der Waals surface area contributed by atoms with Gasteiger partial charge in [0.25, 0.3) is 0 Å². The van der Waals surface area contributed by atoms with E-state index in [2.05, 4.69) is 4.90 Å². The van der Waals surface area contributed by atoms with Crippen molar-refractivity contribution in [2.24, 2.45) is 0 Å². The molecule has 0 saturated heterocycles. The second-order valence-corrected chi connectivity index (χ2v) is 5.24. The number of hydrogen-bond donors (Lipinski definition) is 1. The van der Waals surface area contributed by atoms with E-state index in [-0.39, 0.29) is 12.4 Å². The van der Waals surface area contributed by atoms with Crippen molar-refractivity contribution in [1.29, 1.82) is 0 Å². The zero-order chi connectivity index (χ0) is 15.4. The molecular formula is C17H20FNO2. The van der Waals surface area contributed by atoms with Crippen molar-refractivity contribution in [3.63, 3.8) is 0 Å². The van der Waals surface area contributed by atoms with Crippen LogP contribution in [0.25, 0.3) is 11.1 Å². The van der Waals surface area contributed by atoms with Crippen LogP contribution in [0, 0.1) is 5.82 Å². The smallest absolute Gasteiger partial charge is 0.165 e. The topological polar surface area (TPSA) is 32.7 Å². The minimum atomic E-state index is -0.406. The highest BCUT2D eigenvalue weighted by molar-refractivity contribution is 5.68. The normalized spacial score (nSPS) is 11.0. The molecule has 0 spiro atoms. The van der Waals surface area contributed by atoms with Crippen molar-refractivity contribution in [2.45, 2.75) is 13.2 Å². The van der Waals surface area contributed by atoms with Gasteiger partial charge in [-0.3, -0.25) is 0 Å². The highest BCUT2D eigenvalue weighted by atomic mass is 19.1. The number of aliphatic hydroxyl groups excluding tert-OH is 1. The van der Waals surface area contributed by atoms with Crippen LogP contribution >= 0.6 is 0 Å². The molecule has 3 nitrogen and oxygen atoms in total. The zero-order valence-electron chi connectivity index (χ0n) is 12.6. The van der Waals surface area contributed by atoms with E-state index in [1.165, 1.54) is 13.2 Å². The van der Waals surface area contributed by atoms with E-state index in [0.29, 0.717) is 0 Å². The number of ether oxygens (including phenoxy) is 1. The van der Waals surface area contributed by atoms with Gasteiger partial charge in [0.2, 0.25) is 0 Å². The van der Waals surface area contributed by atoms with Gasteiger partial charge >= 0.3 is 0 Å². The molecule has 21 heavy (non-hydrogen) atoms. The Kier molecular flexibility index (Phi) is 4.94. The molecule has 0 aliphatic carbocycles. The van der Waals surface area contributed by atoms with Crippen LogP contribution in [0.4, 0.5) is 4.39 Å². The van der Waals surface area contributed by atoms with Crippen molar-refractivity contribution >= 4 is 0 Å². The number of rotatable bonds is 5. The summed E-state index contributed by atoms with van der Waals surface area (Å²) in [5, 5.41) is 9.58. The van der Waals surface area contributed by atoms with E-state index in [4.69, 9.17) is 4.74 Å². The summed E-state index contributed by atoms with van der Waals surface area (Å²) in [4.78, 5) is 2.06. The fourth-order valence-electron chi connectivity index (χ4n) is 2.36. The van der Waals surface area contributed by atoms with Gasteiger partial charge in [-0.15, -0.1) is 0 Å². The number of aliphatic hydroxyl groups is 1. The first-order valence-electron chi connectivity index (χ1n) is 6.76. The van der Waals surface area contributed by atoms with E-state index >= 15 is 0 Å². The van der Waals surface area contributed by atoms with Gasteiger partial charge in [0.05, 0.1) is 13.7 Å². The van der Waals surface area contributed by atoms with Crippen LogP contribution in [-0.2, 0) is 13.2 Å². The van der Waals surface area contributed by atoms with Crippen LogP contribution in [0.1, 0.15) is 11.1 Å². The minimum absolute atomic E-state index is 0.0791. The third kappa shape index (κ3) is 3.60. The van der Waals surface area contributed by atoms with Gasteiger partial charge in [-0.1, -0.05) is 24.3 Å². The molecule has 1 N–H and O–H groups in total. The highest BCUT2D eigenvalue weighted by Gasteiger charge is 2.10. The van der Waals surface area contributed by atoms with Crippen LogP contribution in [0.15, 0.2) is 36.4 Å². The van der Waals surface area contributed by atoms with Crippen LogP contribution in [0.2, 0.25) is 0 Å². The van der Waals surface area contributed by atoms with Crippen molar-refractivity contribution in [2.75, 3.05) is 21.2 Å². The maximum atomic E-state index is 13.8. The van der Waals surface area contributed by atoms with E-state index in [9.17, 15) is 9.50 Å². The summed E-state index contributed by atoms with van der Waals surface area (Å²) in [7, 11) is 5.42. The lowest BCUT2D eigenvalue weighted by Crippen LogP contribution is -2.11. The van der Waals surface area contributed by atoms with Gasteiger partial charge in [-0.2, -0.15) is 0 Å². The summed E-state index contributed by atoms with van der Waals surface area (Å²) in [5.41, 5.74) is 3.47. The van der Waals surface area contributed by atoms with Crippen molar-refractivity contribution in [3.8, 4) is 16.9 Å². The molecule has 2 rings (SSSR count). The number of benzene rings is 2. The fourth-order valence-corrected chi connectivity index (χ4v) is 2.36. The summed E-state index contributed by atoms with van der Waals surface area (Å²) < 4.78 is 18.8. The maximum absolute atomic E-state index is 13.8. The SMILES string of the molecule is COc1ccc(-c2ccc(CN(C)C)cc2CO)cc1F. The van der Waals surface area contributed by atoms with Crippen molar-refractivity contribution in [3.05, 3.63) is 53.3 Å². The minimum Gasteiger partial charge on any atom is -0.494 e. The van der Waals surface area contributed by atoms with Crippen LogP contribution in [0.3, 0.4) is 0 Å². The largest absolute Gasteiger partial charge is 0.494 e. The van der Waals surface area contributed by atoms with E-state index in [0.717, 1.165) is 28.8 Å². The Morgan fingerprint density at radius 3 is 2.48 bits per heavy atom. The van der Waals surface area contributed by atoms with E-state index in [1.807, 2.05) is 32.3 Å².